The van der Waals surface area contributed by atoms with E-state index in [0.29, 0.717) is 12.0 Å². The third-order valence-corrected chi connectivity index (χ3v) is 2.90. The molecule has 0 aromatic carbocycles. The average molecular weight is 206 g/mol. The van der Waals surface area contributed by atoms with E-state index >= 15 is 0 Å². The quantitative estimate of drug-likeness (QED) is 0.719. The van der Waals surface area contributed by atoms with Crippen LogP contribution in [0.15, 0.2) is 6.20 Å². The van der Waals surface area contributed by atoms with Gasteiger partial charge in [0.2, 0.25) is 5.95 Å². The Kier molecular flexibility index (Phi) is 3.16. The predicted octanol–water partition coefficient (Wildman–Crippen LogP) is 1.44. The Hall–Kier alpha value is -1.16. The summed E-state index contributed by atoms with van der Waals surface area (Å²) in [5, 5.41) is 3.48. The molecule has 1 aliphatic carbocycles. The molecular formula is C11H18N4. The van der Waals surface area contributed by atoms with E-state index in [1.807, 2.05) is 6.20 Å². The van der Waals surface area contributed by atoms with E-state index in [9.17, 15) is 0 Å². The Morgan fingerprint density at radius 1 is 1.53 bits per heavy atom. The van der Waals surface area contributed by atoms with Gasteiger partial charge in [0.25, 0.3) is 0 Å². The lowest BCUT2D eigenvalue weighted by Gasteiger charge is -2.17. The summed E-state index contributed by atoms with van der Waals surface area (Å²) < 4.78 is 0. The first kappa shape index (κ1) is 10.4. The smallest absolute Gasteiger partial charge is 0.220 e. The minimum absolute atomic E-state index is 0.394. The van der Waals surface area contributed by atoms with Crippen LogP contribution in [0.2, 0.25) is 0 Å². The number of fused-ring (bicyclic) bond motifs is 1. The van der Waals surface area contributed by atoms with E-state index in [-0.39, 0.29) is 0 Å². The van der Waals surface area contributed by atoms with Gasteiger partial charge < -0.3 is 11.1 Å². The minimum atomic E-state index is 0.394. The largest absolute Gasteiger partial charge is 0.368 e. The van der Waals surface area contributed by atoms with Crippen LogP contribution in [0.1, 0.15) is 43.5 Å². The molecule has 0 amide bonds. The SMILES string of the molecule is CCNC1CCCCc2nc(N)ncc21. The van der Waals surface area contributed by atoms with Gasteiger partial charge >= 0.3 is 0 Å². The highest BCUT2D eigenvalue weighted by atomic mass is 15.0. The highest BCUT2D eigenvalue weighted by Gasteiger charge is 2.19. The van der Waals surface area contributed by atoms with Crippen LogP contribution < -0.4 is 11.1 Å². The minimum Gasteiger partial charge on any atom is -0.368 e. The van der Waals surface area contributed by atoms with Crippen molar-refractivity contribution in [1.82, 2.24) is 15.3 Å². The molecule has 0 spiro atoms. The number of aryl methyl sites for hydroxylation is 1. The molecule has 0 fully saturated rings. The third kappa shape index (κ3) is 2.26. The molecule has 1 heterocycles. The highest BCUT2D eigenvalue weighted by Crippen LogP contribution is 2.27. The molecule has 1 aromatic heterocycles. The molecule has 1 aromatic rings. The van der Waals surface area contributed by atoms with Gasteiger partial charge in [0.05, 0.1) is 5.69 Å². The van der Waals surface area contributed by atoms with Crippen LogP contribution in [0.4, 0.5) is 5.95 Å². The summed E-state index contributed by atoms with van der Waals surface area (Å²) in [6.07, 6.45) is 6.54. The number of nitrogen functional groups attached to an aromatic ring is 1. The van der Waals surface area contributed by atoms with Crippen molar-refractivity contribution in [1.29, 1.82) is 0 Å². The second-order valence-electron chi connectivity index (χ2n) is 3.99. The fraction of sp³-hybridized carbons (Fsp3) is 0.636. The zero-order valence-electron chi connectivity index (χ0n) is 9.16. The van der Waals surface area contributed by atoms with E-state index in [2.05, 4.69) is 22.2 Å². The fourth-order valence-corrected chi connectivity index (χ4v) is 2.19. The Balaban J connectivity index is 2.32. The molecular weight excluding hydrogens is 188 g/mol. The molecule has 0 aliphatic heterocycles. The molecule has 0 radical (unpaired) electrons. The number of rotatable bonds is 2. The van der Waals surface area contributed by atoms with Gasteiger partial charge in [-0.25, -0.2) is 9.97 Å². The first-order valence-electron chi connectivity index (χ1n) is 5.66. The average Bonchev–Trinajstić information content (AvgIpc) is 2.41. The topological polar surface area (TPSA) is 63.8 Å². The van der Waals surface area contributed by atoms with Crippen molar-refractivity contribution in [3.8, 4) is 0 Å². The van der Waals surface area contributed by atoms with Crippen LogP contribution in [0, 0.1) is 0 Å². The summed E-state index contributed by atoms with van der Waals surface area (Å²) in [6.45, 7) is 3.11. The molecule has 15 heavy (non-hydrogen) atoms. The van der Waals surface area contributed by atoms with Crippen LogP contribution in [0.25, 0.3) is 0 Å². The molecule has 0 saturated heterocycles. The molecule has 82 valence electrons. The van der Waals surface area contributed by atoms with Crippen molar-refractivity contribution < 1.29 is 0 Å². The Morgan fingerprint density at radius 2 is 2.40 bits per heavy atom. The van der Waals surface area contributed by atoms with E-state index < -0.39 is 0 Å². The van der Waals surface area contributed by atoms with Gasteiger partial charge in [-0.05, 0) is 25.8 Å². The Morgan fingerprint density at radius 3 is 3.20 bits per heavy atom. The van der Waals surface area contributed by atoms with Crippen molar-refractivity contribution in [2.75, 3.05) is 12.3 Å². The standard InChI is InChI=1S/C11H18N4/c1-2-13-9-5-3-4-6-10-8(9)7-14-11(12)15-10/h7,9,13H,2-6H2,1H3,(H2,12,14,15). The number of anilines is 1. The van der Waals surface area contributed by atoms with Crippen LogP contribution in [0.3, 0.4) is 0 Å². The maximum Gasteiger partial charge on any atom is 0.220 e. The molecule has 4 heteroatoms. The normalized spacial score (nSPS) is 20.7. The summed E-state index contributed by atoms with van der Waals surface area (Å²) in [6, 6.07) is 0.410. The molecule has 2 rings (SSSR count). The number of aromatic nitrogens is 2. The molecule has 4 nitrogen and oxygen atoms in total. The number of nitrogens with two attached hydrogens (primary N) is 1. The summed E-state index contributed by atoms with van der Waals surface area (Å²) >= 11 is 0. The molecule has 1 aliphatic rings. The Labute approximate surface area is 90.3 Å². The van der Waals surface area contributed by atoms with Crippen molar-refractivity contribution >= 4 is 5.95 Å². The summed E-state index contributed by atoms with van der Waals surface area (Å²) in [7, 11) is 0. The van der Waals surface area contributed by atoms with Crippen molar-refractivity contribution in [3.05, 3.63) is 17.5 Å². The number of hydrogen-bond donors (Lipinski definition) is 2. The van der Waals surface area contributed by atoms with Gasteiger partial charge in [-0.1, -0.05) is 13.3 Å². The number of nitrogens with one attached hydrogen (secondary N) is 1. The molecule has 1 atom stereocenters. The van der Waals surface area contributed by atoms with E-state index in [4.69, 9.17) is 5.73 Å². The fourth-order valence-electron chi connectivity index (χ4n) is 2.19. The van der Waals surface area contributed by atoms with Crippen LogP contribution in [-0.2, 0) is 6.42 Å². The van der Waals surface area contributed by atoms with E-state index in [1.54, 1.807) is 0 Å². The summed E-state index contributed by atoms with van der Waals surface area (Å²) in [5.74, 6) is 0.394. The van der Waals surface area contributed by atoms with Gasteiger partial charge in [-0.15, -0.1) is 0 Å². The van der Waals surface area contributed by atoms with Gasteiger partial charge in [0, 0.05) is 17.8 Å². The first-order chi connectivity index (χ1) is 7.31. The third-order valence-electron chi connectivity index (χ3n) is 2.90. The second kappa shape index (κ2) is 4.57. The van der Waals surface area contributed by atoms with Crippen LogP contribution in [-0.4, -0.2) is 16.5 Å². The van der Waals surface area contributed by atoms with Gasteiger partial charge in [0.1, 0.15) is 0 Å². The van der Waals surface area contributed by atoms with Gasteiger partial charge in [-0.3, -0.25) is 0 Å². The van der Waals surface area contributed by atoms with Crippen molar-refractivity contribution in [2.24, 2.45) is 0 Å². The van der Waals surface area contributed by atoms with Crippen molar-refractivity contribution in [2.45, 2.75) is 38.6 Å². The lowest BCUT2D eigenvalue weighted by atomic mass is 10.1. The maximum absolute atomic E-state index is 5.61. The Bertz CT molecular complexity index is 337. The second-order valence-corrected chi connectivity index (χ2v) is 3.99. The molecule has 3 N–H and O–H groups in total. The molecule has 0 bridgehead atoms. The molecule has 1 unspecified atom stereocenters. The van der Waals surface area contributed by atoms with E-state index in [1.165, 1.54) is 24.8 Å². The maximum atomic E-state index is 5.61. The number of hydrogen-bond acceptors (Lipinski definition) is 4. The van der Waals surface area contributed by atoms with Gasteiger partial charge in [0.15, 0.2) is 0 Å². The lowest BCUT2D eigenvalue weighted by Crippen LogP contribution is -2.21. The van der Waals surface area contributed by atoms with Crippen LogP contribution in [0.5, 0.6) is 0 Å². The van der Waals surface area contributed by atoms with Crippen LogP contribution >= 0.6 is 0 Å². The monoisotopic (exact) mass is 206 g/mol. The van der Waals surface area contributed by atoms with E-state index in [0.717, 1.165) is 18.7 Å². The summed E-state index contributed by atoms with van der Waals surface area (Å²) in [5.41, 5.74) is 7.98. The van der Waals surface area contributed by atoms with Gasteiger partial charge in [-0.2, -0.15) is 0 Å². The zero-order valence-corrected chi connectivity index (χ0v) is 9.16. The first-order valence-corrected chi connectivity index (χ1v) is 5.66. The summed E-state index contributed by atoms with van der Waals surface area (Å²) in [4.78, 5) is 8.43. The molecule has 0 saturated carbocycles. The van der Waals surface area contributed by atoms with Crippen molar-refractivity contribution in [3.63, 3.8) is 0 Å². The number of nitrogens with zero attached hydrogens (tertiary/aromatic N) is 2. The lowest BCUT2D eigenvalue weighted by molar-refractivity contribution is 0.502. The highest BCUT2D eigenvalue weighted by molar-refractivity contribution is 5.28. The zero-order chi connectivity index (χ0) is 10.7. The predicted molar refractivity (Wildman–Crippen MR) is 60.4 cm³/mol.